The van der Waals surface area contributed by atoms with Gasteiger partial charge in [0.15, 0.2) is 5.78 Å². The van der Waals surface area contributed by atoms with Crippen molar-refractivity contribution in [1.82, 2.24) is 5.32 Å². The Morgan fingerprint density at radius 2 is 1.76 bits per heavy atom. The largest absolute Gasteiger partial charge is 0.350 e. The molecule has 0 saturated heterocycles. The van der Waals surface area contributed by atoms with E-state index in [1.54, 1.807) is 12.2 Å². The molecule has 0 unspecified atom stereocenters. The molecule has 0 bridgehead atoms. The summed E-state index contributed by atoms with van der Waals surface area (Å²) in [7, 11) is 0. The first-order valence-corrected chi connectivity index (χ1v) is 7.63. The van der Waals surface area contributed by atoms with E-state index in [2.05, 4.69) is 23.3 Å². The second kappa shape index (κ2) is 13.7. The fraction of sp³-hybridized carbons (Fsp3) is 0.500. The first kappa shape index (κ1) is 19.7. The molecule has 0 fully saturated rings. The highest BCUT2D eigenvalue weighted by atomic mass is 32.1. The van der Waals surface area contributed by atoms with Crippen LogP contribution in [0, 0.1) is 0 Å². The Bertz CT molecular complexity index is 378. The highest BCUT2D eigenvalue weighted by Crippen LogP contribution is 2.08. The SMILES string of the molecule is C=C/C=C(\C=C)NC(=S)CCCCCCCC(=O)CON. The van der Waals surface area contributed by atoms with Crippen LogP contribution >= 0.6 is 12.2 Å². The van der Waals surface area contributed by atoms with E-state index in [0.29, 0.717) is 6.42 Å². The summed E-state index contributed by atoms with van der Waals surface area (Å²) in [6, 6.07) is 0. The van der Waals surface area contributed by atoms with Crippen LogP contribution in [0.2, 0.25) is 0 Å². The number of ketones is 1. The maximum absolute atomic E-state index is 11.2. The molecule has 0 aromatic heterocycles. The van der Waals surface area contributed by atoms with Gasteiger partial charge in [0.2, 0.25) is 0 Å². The molecule has 0 aliphatic rings. The number of rotatable bonds is 13. The molecule has 0 rings (SSSR count). The van der Waals surface area contributed by atoms with Gasteiger partial charge in [-0.3, -0.25) is 9.63 Å². The van der Waals surface area contributed by atoms with Crippen LogP contribution in [-0.4, -0.2) is 17.4 Å². The molecular formula is C16H26N2O2S. The topological polar surface area (TPSA) is 64.3 Å². The molecule has 0 aliphatic carbocycles. The molecule has 0 amide bonds. The van der Waals surface area contributed by atoms with Gasteiger partial charge in [0.05, 0.1) is 4.99 Å². The monoisotopic (exact) mass is 310 g/mol. The number of Topliss-reactive ketones (excluding diaryl/α,β-unsaturated/α-hetero) is 1. The molecule has 0 saturated carbocycles. The predicted octanol–water partition coefficient (Wildman–Crippen LogP) is 3.35. The fourth-order valence-electron chi connectivity index (χ4n) is 1.81. The van der Waals surface area contributed by atoms with Crippen molar-refractivity contribution in [3.05, 3.63) is 37.1 Å². The van der Waals surface area contributed by atoms with Gasteiger partial charge >= 0.3 is 0 Å². The number of carbonyl (C=O) groups is 1. The Morgan fingerprint density at radius 1 is 1.14 bits per heavy atom. The molecule has 118 valence electrons. The van der Waals surface area contributed by atoms with Gasteiger partial charge in [0, 0.05) is 12.1 Å². The average molecular weight is 310 g/mol. The van der Waals surface area contributed by atoms with Crippen molar-refractivity contribution >= 4 is 23.0 Å². The first-order chi connectivity index (χ1) is 10.1. The van der Waals surface area contributed by atoms with Gasteiger partial charge in [-0.05, 0) is 31.4 Å². The Hall–Kier alpha value is -1.30. The zero-order valence-electron chi connectivity index (χ0n) is 12.6. The zero-order valence-corrected chi connectivity index (χ0v) is 13.4. The van der Waals surface area contributed by atoms with Gasteiger partial charge < -0.3 is 5.32 Å². The number of allylic oxidation sites excluding steroid dienone is 3. The van der Waals surface area contributed by atoms with Crippen molar-refractivity contribution in [2.24, 2.45) is 5.90 Å². The van der Waals surface area contributed by atoms with Gasteiger partial charge in [-0.15, -0.1) is 0 Å². The summed E-state index contributed by atoms with van der Waals surface area (Å²) in [5.41, 5.74) is 0.871. The third-order valence-electron chi connectivity index (χ3n) is 2.90. The smallest absolute Gasteiger partial charge is 0.160 e. The Labute approximate surface area is 133 Å². The van der Waals surface area contributed by atoms with Crippen molar-refractivity contribution in [2.45, 2.75) is 44.9 Å². The predicted molar refractivity (Wildman–Crippen MR) is 91.7 cm³/mol. The summed E-state index contributed by atoms with van der Waals surface area (Å²) in [4.78, 5) is 16.3. The van der Waals surface area contributed by atoms with Crippen LogP contribution in [0.5, 0.6) is 0 Å². The van der Waals surface area contributed by atoms with Crippen LogP contribution in [0.3, 0.4) is 0 Å². The van der Waals surface area contributed by atoms with Gasteiger partial charge in [0.1, 0.15) is 6.61 Å². The van der Waals surface area contributed by atoms with Crippen molar-refractivity contribution in [3.63, 3.8) is 0 Å². The van der Waals surface area contributed by atoms with Crippen LogP contribution < -0.4 is 11.2 Å². The molecule has 0 aromatic carbocycles. The molecule has 4 nitrogen and oxygen atoms in total. The Balaban J connectivity index is 3.56. The molecule has 0 atom stereocenters. The summed E-state index contributed by atoms with van der Waals surface area (Å²) >= 11 is 5.27. The minimum atomic E-state index is 0.0177. The van der Waals surface area contributed by atoms with Crippen molar-refractivity contribution in [1.29, 1.82) is 0 Å². The van der Waals surface area contributed by atoms with Crippen LogP contribution in [0.25, 0.3) is 0 Å². The lowest BCUT2D eigenvalue weighted by atomic mass is 10.1. The van der Waals surface area contributed by atoms with E-state index in [0.717, 1.165) is 49.2 Å². The van der Waals surface area contributed by atoms with Crippen LogP contribution in [0.15, 0.2) is 37.1 Å². The second-order valence-corrected chi connectivity index (χ2v) is 5.22. The minimum absolute atomic E-state index is 0.0177. The third-order valence-corrected chi connectivity index (χ3v) is 3.21. The number of nitrogens with one attached hydrogen (secondary N) is 1. The zero-order chi connectivity index (χ0) is 15.9. The maximum Gasteiger partial charge on any atom is 0.160 e. The third kappa shape index (κ3) is 12.2. The molecule has 5 heteroatoms. The van der Waals surface area contributed by atoms with E-state index in [-0.39, 0.29) is 12.4 Å². The van der Waals surface area contributed by atoms with Crippen molar-refractivity contribution in [2.75, 3.05) is 6.61 Å². The van der Waals surface area contributed by atoms with E-state index in [4.69, 9.17) is 18.1 Å². The molecule has 21 heavy (non-hydrogen) atoms. The Morgan fingerprint density at radius 3 is 2.33 bits per heavy atom. The van der Waals surface area contributed by atoms with Crippen molar-refractivity contribution in [3.8, 4) is 0 Å². The first-order valence-electron chi connectivity index (χ1n) is 7.22. The number of nitrogens with two attached hydrogens (primary N) is 1. The fourth-order valence-corrected chi connectivity index (χ4v) is 2.08. The van der Waals surface area contributed by atoms with Crippen molar-refractivity contribution < 1.29 is 9.63 Å². The molecule has 3 N–H and O–H groups in total. The second-order valence-electron chi connectivity index (χ2n) is 4.73. The highest BCUT2D eigenvalue weighted by molar-refractivity contribution is 7.80. The number of hydrogen-bond acceptors (Lipinski definition) is 4. The van der Waals surface area contributed by atoms with Crippen LogP contribution in [0.1, 0.15) is 44.9 Å². The van der Waals surface area contributed by atoms with Crippen LogP contribution in [0.4, 0.5) is 0 Å². The number of hydrogen-bond donors (Lipinski definition) is 2. The molecule has 0 radical (unpaired) electrons. The Kier molecular flexibility index (Phi) is 12.8. The van der Waals surface area contributed by atoms with Gasteiger partial charge in [0.25, 0.3) is 0 Å². The number of carbonyl (C=O) groups excluding carboxylic acids is 1. The molecule has 0 aromatic rings. The summed E-state index contributed by atoms with van der Waals surface area (Å²) in [5.74, 6) is 4.90. The van der Waals surface area contributed by atoms with Gasteiger partial charge in [-0.25, -0.2) is 5.90 Å². The molecule has 0 spiro atoms. The minimum Gasteiger partial charge on any atom is -0.350 e. The van der Waals surface area contributed by atoms with E-state index < -0.39 is 0 Å². The molecular weight excluding hydrogens is 284 g/mol. The lowest BCUT2D eigenvalue weighted by molar-refractivity contribution is -0.123. The van der Waals surface area contributed by atoms with E-state index in [1.807, 2.05) is 6.08 Å². The van der Waals surface area contributed by atoms with E-state index in [1.165, 1.54) is 0 Å². The average Bonchev–Trinajstić information content (AvgIpc) is 2.46. The molecule has 0 heterocycles. The summed E-state index contributed by atoms with van der Waals surface area (Å²) in [5, 5.41) is 3.13. The van der Waals surface area contributed by atoms with Gasteiger partial charge in [-0.2, -0.15) is 0 Å². The lowest BCUT2D eigenvalue weighted by Gasteiger charge is -2.08. The standard InChI is InChI=1S/C16H26N2O2S/c1-3-10-14(4-2)18-16(21)12-9-7-5-6-8-11-15(19)13-20-17/h3-4,10H,1-2,5-9,11-13,17H2,(H,18,21)/b14-10+. The normalized spacial score (nSPS) is 11.0. The highest BCUT2D eigenvalue weighted by Gasteiger charge is 2.01. The quantitative estimate of drug-likeness (QED) is 0.236. The van der Waals surface area contributed by atoms with E-state index in [9.17, 15) is 4.79 Å². The summed E-state index contributed by atoms with van der Waals surface area (Å²) in [6.07, 6.45) is 11.9. The van der Waals surface area contributed by atoms with Crippen LogP contribution in [-0.2, 0) is 9.63 Å². The molecule has 0 aliphatic heterocycles. The summed E-state index contributed by atoms with van der Waals surface area (Å²) < 4.78 is 0. The lowest BCUT2D eigenvalue weighted by Crippen LogP contribution is -2.19. The maximum atomic E-state index is 11.2. The van der Waals surface area contributed by atoms with Gasteiger partial charge in [-0.1, -0.05) is 50.7 Å². The summed E-state index contributed by atoms with van der Waals surface area (Å²) in [6.45, 7) is 7.36. The van der Waals surface area contributed by atoms with E-state index >= 15 is 0 Å². The number of thiocarbonyl (C=S) groups is 1. The number of unbranched alkanes of at least 4 members (excludes halogenated alkanes) is 4.